The molecule has 0 N–H and O–H groups in total. The van der Waals surface area contributed by atoms with Crippen LogP contribution in [0.25, 0.3) is 22.7 Å². The fourth-order valence-electron chi connectivity index (χ4n) is 1.72. The van der Waals surface area contributed by atoms with Gasteiger partial charge in [-0.2, -0.15) is 18.2 Å². The minimum Gasteiger partial charge on any atom is -0.434 e. The molecule has 2 aromatic heterocycles. The van der Waals surface area contributed by atoms with E-state index in [0.717, 1.165) is 12.1 Å². The van der Waals surface area contributed by atoms with E-state index in [1.54, 1.807) is 6.07 Å². The Kier molecular flexibility index (Phi) is 2.90. The lowest BCUT2D eigenvalue weighted by Crippen LogP contribution is -2.03. The summed E-state index contributed by atoms with van der Waals surface area (Å²) in [6.45, 7) is 0. The fourth-order valence-corrected chi connectivity index (χ4v) is 1.87. The second-order valence-corrected chi connectivity index (χ2v) is 4.51. The van der Waals surface area contributed by atoms with Gasteiger partial charge in [-0.25, -0.2) is 4.98 Å². The van der Waals surface area contributed by atoms with Crippen LogP contribution in [0.4, 0.5) is 13.2 Å². The molecule has 0 spiro atoms. The first kappa shape index (κ1) is 12.9. The molecule has 2 heterocycles. The third-order valence-electron chi connectivity index (χ3n) is 2.67. The van der Waals surface area contributed by atoms with Crippen LogP contribution in [0.15, 0.2) is 40.9 Å². The third kappa shape index (κ3) is 2.34. The van der Waals surface area contributed by atoms with Crippen LogP contribution in [0.2, 0.25) is 5.02 Å². The molecule has 3 aromatic rings. The summed E-state index contributed by atoms with van der Waals surface area (Å²) in [5, 5.41) is 0.396. The number of nitrogens with zero attached hydrogens (tertiary/aromatic N) is 2. The van der Waals surface area contributed by atoms with Gasteiger partial charge < -0.3 is 4.42 Å². The van der Waals surface area contributed by atoms with Gasteiger partial charge in [-0.05, 0) is 24.3 Å². The normalized spacial score (nSPS) is 12.0. The lowest BCUT2D eigenvalue weighted by molar-refractivity contribution is -0.137. The first-order valence-electron chi connectivity index (χ1n) is 5.53. The number of rotatable bonds is 1. The van der Waals surface area contributed by atoms with Gasteiger partial charge in [0.25, 0.3) is 0 Å². The van der Waals surface area contributed by atoms with Gasteiger partial charge in [0.1, 0.15) is 0 Å². The van der Waals surface area contributed by atoms with Crippen LogP contribution in [-0.4, -0.2) is 9.97 Å². The highest BCUT2D eigenvalue weighted by Crippen LogP contribution is 2.31. The molecule has 0 bridgehead atoms. The molecule has 0 aliphatic carbocycles. The minimum atomic E-state index is -4.37. The van der Waals surface area contributed by atoms with E-state index in [9.17, 15) is 13.2 Å². The van der Waals surface area contributed by atoms with Gasteiger partial charge >= 0.3 is 6.18 Å². The fraction of sp³-hybridized carbons (Fsp3) is 0.0769. The average Bonchev–Trinajstić information content (AvgIpc) is 2.80. The molecule has 0 saturated heterocycles. The molecule has 0 amide bonds. The number of fused-ring (bicyclic) bond motifs is 1. The predicted molar refractivity (Wildman–Crippen MR) is 67.3 cm³/mol. The summed E-state index contributed by atoms with van der Waals surface area (Å²) >= 11 is 5.77. The van der Waals surface area contributed by atoms with E-state index in [-0.39, 0.29) is 5.89 Å². The van der Waals surface area contributed by atoms with E-state index in [0.29, 0.717) is 21.8 Å². The van der Waals surface area contributed by atoms with E-state index in [1.165, 1.54) is 18.3 Å². The van der Waals surface area contributed by atoms with Crippen molar-refractivity contribution in [2.45, 2.75) is 6.18 Å². The number of alkyl halides is 3. The van der Waals surface area contributed by atoms with E-state index < -0.39 is 11.7 Å². The largest absolute Gasteiger partial charge is 0.434 e. The summed E-state index contributed by atoms with van der Waals surface area (Å²) in [7, 11) is 0. The molecule has 3 nitrogen and oxygen atoms in total. The summed E-state index contributed by atoms with van der Waals surface area (Å²) in [5.74, 6) is 0.198. The van der Waals surface area contributed by atoms with Crippen LogP contribution in [0, 0.1) is 0 Å². The van der Waals surface area contributed by atoms with Crippen molar-refractivity contribution in [1.29, 1.82) is 0 Å². The summed E-state index contributed by atoms with van der Waals surface area (Å²) in [6, 6.07) is 6.10. The summed E-state index contributed by atoms with van der Waals surface area (Å²) in [5.41, 5.74) is 0.447. The number of oxazole rings is 1. The Labute approximate surface area is 116 Å². The summed E-state index contributed by atoms with van der Waals surface area (Å²) < 4.78 is 42.8. The number of pyridine rings is 1. The van der Waals surface area contributed by atoms with Gasteiger partial charge in [0.05, 0.1) is 10.6 Å². The maximum Gasteiger partial charge on any atom is 0.416 e. The molecule has 7 heteroatoms. The van der Waals surface area contributed by atoms with Crippen molar-refractivity contribution in [3.63, 3.8) is 0 Å². The zero-order chi connectivity index (χ0) is 14.3. The van der Waals surface area contributed by atoms with Crippen LogP contribution >= 0.6 is 11.6 Å². The standard InChI is InChI=1S/C13H6ClF3N2O/c14-9-5-10-11(18-6-9)19-12(20-10)7-1-3-8(4-2-7)13(15,16)17/h1-6H. The van der Waals surface area contributed by atoms with Crippen molar-refractivity contribution < 1.29 is 17.6 Å². The Morgan fingerprint density at radius 1 is 1.10 bits per heavy atom. The Bertz CT molecular complexity index is 765. The molecule has 0 aliphatic heterocycles. The minimum absolute atomic E-state index is 0.198. The molecular weight excluding hydrogens is 293 g/mol. The number of aromatic nitrogens is 2. The Balaban J connectivity index is 2.02. The number of halogens is 4. The topological polar surface area (TPSA) is 38.9 Å². The van der Waals surface area contributed by atoms with E-state index in [4.69, 9.17) is 16.0 Å². The van der Waals surface area contributed by atoms with Crippen molar-refractivity contribution in [1.82, 2.24) is 9.97 Å². The summed E-state index contributed by atoms with van der Waals surface area (Å²) in [6.07, 6.45) is -2.95. The van der Waals surface area contributed by atoms with Crippen molar-refractivity contribution in [3.05, 3.63) is 47.1 Å². The zero-order valence-electron chi connectivity index (χ0n) is 9.78. The number of benzene rings is 1. The number of hydrogen-bond acceptors (Lipinski definition) is 3. The van der Waals surface area contributed by atoms with Crippen LogP contribution in [0.5, 0.6) is 0 Å². The monoisotopic (exact) mass is 298 g/mol. The third-order valence-corrected chi connectivity index (χ3v) is 2.88. The molecule has 0 radical (unpaired) electrons. The van der Waals surface area contributed by atoms with Gasteiger partial charge in [0.2, 0.25) is 5.89 Å². The lowest BCUT2D eigenvalue weighted by atomic mass is 10.1. The van der Waals surface area contributed by atoms with Gasteiger partial charge in [-0.1, -0.05) is 11.6 Å². The van der Waals surface area contributed by atoms with Gasteiger partial charge in [-0.15, -0.1) is 0 Å². The van der Waals surface area contributed by atoms with Crippen molar-refractivity contribution >= 4 is 22.8 Å². The SMILES string of the molecule is FC(F)(F)c1ccc(-c2nc3ncc(Cl)cc3o2)cc1. The second kappa shape index (κ2) is 4.49. The van der Waals surface area contributed by atoms with Crippen molar-refractivity contribution in [2.24, 2.45) is 0 Å². The molecule has 0 unspecified atom stereocenters. The molecule has 0 saturated carbocycles. The van der Waals surface area contributed by atoms with Crippen molar-refractivity contribution in [3.8, 4) is 11.5 Å². The first-order valence-corrected chi connectivity index (χ1v) is 5.91. The molecule has 0 aliphatic rings. The van der Waals surface area contributed by atoms with Crippen LogP contribution < -0.4 is 0 Å². The zero-order valence-corrected chi connectivity index (χ0v) is 10.5. The lowest BCUT2D eigenvalue weighted by Gasteiger charge is -2.05. The molecule has 0 atom stereocenters. The van der Waals surface area contributed by atoms with Crippen LogP contribution in [-0.2, 0) is 6.18 Å². The molecule has 0 fully saturated rings. The van der Waals surface area contributed by atoms with Gasteiger partial charge in [0.15, 0.2) is 11.2 Å². The smallest absolute Gasteiger partial charge is 0.416 e. The van der Waals surface area contributed by atoms with E-state index in [2.05, 4.69) is 9.97 Å². The maximum atomic E-state index is 12.5. The van der Waals surface area contributed by atoms with E-state index >= 15 is 0 Å². The van der Waals surface area contributed by atoms with Gasteiger partial charge in [-0.3, -0.25) is 0 Å². The van der Waals surface area contributed by atoms with E-state index in [1.807, 2.05) is 0 Å². The Hall–Kier alpha value is -2.08. The molecule has 1 aromatic carbocycles. The Morgan fingerprint density at radius 3 is 2.45 bits per heavy atom. The van der Waals surface area contributed by atoms with Gasteiger partial charge in [0, 0.05) is 17.8 Å². The quantitative estimate of drug-likeness (QED) is 0.661. The average molecular weight is 299 g/mol. The molecule has 3 rings (SSSR count). The molecule has 102 valence electrons. The van der Waals surface area contributed by atoms with Crippen LogP contribution in [0.3, 0.4) is 0 Å². The molecule has 20 heavy (non-hydrogen) atoms. The highest BCUT2D eigenvalue weighted by Gasteiger charge is 2.30. The maximum absolute atomic E-state index is 12.5. The Morgan fingerprint density at radius 2 is 1.80 bits per heavy atom. The summed E-state index contributed by atoms with van der Waals surface area (Å²) in [4.78, 5) is 8.07. The molecular formula is C13H6ClF3N2O. The highest BCUT2D eigenvalue weighted by atomic mass is 35.5. The predicted octanol–water partition coefficient (Wildman–Crippen LogP) is 4.56. The van der Waals surface area contributed by atoms with Crippen molar-refractivity contribution in [2.75, 3.05) is 0 Å². The first-order chi connectivity index (χ1) is 9.43. The second-order valence-electron chi connectivity index (χ2n) is 4.07. The number of hydrogen-bond donors (Lipinski definition) is 0. The highest BCUT2D eigenvalue weighted by molar-refractivity contribution is 6.30. The van der Waals surface area contributed by atoms with Crippen LogP contribution in [0.1, 0.15) is 5.56 Å².